The number of fused-ring (bicyclic) bond motifs is 1. The lowest BCUT2D eigenvalue weighted by molar-refractivity contribution is -0.286. The lowest BCUT2D eigenvalue weighted by Crippen LogP contribution is -2.30. The van der Waals surface area contributed by atoms with Crippen LogP contribution in [0, 0.1) is 6.92 Å². The first-order valence-electron chi connectivity index (χ1n) is 7.26. The summed E-state index contributed by atoms with van der Waals surface area (Å²) >= 11 is 0. The van der Waals surface area contributed by atoms with Gasteiger partial charge in [-0.2, -0.15) is 0 Å². The number of aryl methyl sites for hydroxylation is 1. The molecule has 0 saturated heterocycles. The molecule has 1 unspecified atom stereocenters. The van der Waals surface area contributed by atoms with Crippen molar-refractivity contribution in [2.24, 2.45) is 0 Å². The second kappa shape index (κ2) is 5.99. The van der Waals surface area contributed by atoms with Crippen molar-refractivity contribution in [3.05, 3.63) is 48.0 Å². The van der Waals surface area contributed by atoms with E-state index in [-0.39, 0.29) is 11.5 Å². The molecule has 3 rings (SSSR count). The highest BCUT2D eigenvalue weighted by Gasteiger charge is 2.43. The molecule has 1 heterocycles. The van der Waals surface area contributed by atoms with Crippen LogP contribution in [-0.4, -0.2) is 18.3 Å². The molecule has 2 aromatic carbocycles. The fourth-order valence-corrected chi connectivity index (χ4v) is 2.22. The smallest absolute Gasteiger partial charge is 0.481 e. The molecule has 0 bridgehead atoms. The van der Waals surface area contributed by atoms with Crippen molar-refractivity contribution in [3.8, 4) is 17.2 Å². The zero-order valence-electron chi connectivity index (χ0n) is 13.0. The van der Waals surface area contributed by atoms with Gasteiger partial charge in [0.2, 0.25) is 0 Å². The summed E-state index contributed by atoms with van der Waals surface area (Å²) in [5.41, 5.74) is 1.32. The molecule has 1 N–H and O–H groups in total. The summed E-state index contributed by atoms with van der Waals surface area (Å²) in [7, 11) is 0. The van der Waals surface area contributed by atoms with Crippen molar-refractivity contribution >= 4 is 11.6 Å². The lowest BCUT2D eigenvalue weighted by Gasteiger charge is -2.15. The highest BCUT2D eigenvalue weighted by atomic mass is 19.3. The fourth-order valence-electron chi connectivity index (χ4n) is 2.22. The maximum Gasteiger partial charge on any atom is 0.586 e. The maximum absolute atomic E-state index is 13.0. The molecule has 0 fully saturated rings. The van der Waals surface area contributed by atoms with Crippen LogP contribution in [0.3, 0.4) is 0 Å². The number of nitrogens with one attached hydrogen (secondary N) is 1. The molecule has 1 aliphatic heterocycles. The number of benzene rings is 2. The number of hydrogen-bond acceptors (Lipinski definition) is 4. The third-order valence-electron chi connectivity index (χ3n) is 3.34. The molecule has 5 nitrogen and oxygen atoms in total. The quantitative estimate of drug-likeness (QED) is 0.925. The minimum absolute atomic E-state index is 0.0814. The van der Waals surface area contributed by atoms with Gasteiger partial charge < -0.3 is 19.5 Å². The zero-order chi connectivity index (χ0) is 17.3. The van der Waals surface area contributed by atoms with Gasteiger partial charge in [0, 0.05) is 11.8 Å². The third kappa shape index (κ3) is 3.56. The van der Waals surface area contributed by atoms with E-state index in [1.54, 1.807) is 13.0 Å². The molecule has 0 spiro atoms. The number of carbonyl (C=O) groups excluding carboxylic acids is 1. The maximum atomic E-state index is 13.0. The van der Waals surface area contributed by atoms with E-state index >= 15 is 0 Å². The van der Waals surface area contributed by atoms with Gasteiger partial charge in [-0.05, 0) is 43.7 Å². The first kappa shape index (κ1) is 16.0. The van der Waals surface area contributed by atoms with Crippen molar-refractivity contribution in [2.75, 3.05) is 5.32 Å². The standard InChI is InChI=1S/C17H15F2NO4/c1-10-4-3-5-13(8-10)22-11(2)16(21)20-12-6-7-14-15(9-12)24-17(18,19)23-14/h3-9,11H,1-2H3,(H,20,21). The third-order valence-corrected chi connectivity index (χ3v) is 3.34. The van der Waals surface area contributed by atoms with Gasteiger partial charge in [-0.25, -0.2) is 0 Å². The summed E-state index contributed by atoms with van der Waals surface area (Å²) in [6.45, 7) is 3.51. The summed E-state index contributed by atoms with van der Waals surface area (Å²) in [4.78, 5) is 12.2. The largest absolute Gasteiger partial charge is 0.586 e. The van der Waals surface area contributed by atoms with Crippen molar-refractivity contribution in [2.45, 2.75) is 26.2 Å². The number of anilines is 1. The topological polar surface area (TPSA) is 56.8 Å². The van der Waals surface area contributed by atoms with Gasteiger partial charge in [-0.3, -0.25) is 4.79 Å². The monoisotopic (exact) mass is 335 g/mol. The van der Waals surface area contributed by atoms with E-state index in [2.05, 4.69) is 14.8 Å². The van der Waals surface area contributed by atoms with Crippen molar-refractivity contribution in [1.29, 1.82) is 0 Å². The molecule has 0 aromatic heterocycles. The Morgan fingerprint density at radius 2 is 1.92 bits per heavy atom. The van der Waals surface area contributed by atoms with Gasteiger partial charge in [0.25, 0.3) is 5.91 Å². The van der Waals surface area contributed by atoms with Gasteiger partial charge in [0.1, 0.15) is 5.75 Å². The van der Waals surface area contributed by atoms with Crippen LogP contribution in [-0.2, 0) is 4.79 Å². The first-order chi connectivity index (χ1) is 11.3. The normalized spacial score (nSPS) is 15.7. The van der Waals surface area contributed by atoms with Crippen LogP contribution in [0.5, 0.6) is 17.2 Å². The van der Waals surface area contributed by atoms with Crippen molar-refractivity contribution in [3.63, 3.8) is 0 Å². The number of alkyl halides is 2. The summed E-state index contributed by atoms with van der Waals surface area (Å²) in [6.07, 6.45) is -4.45. The molecule has 0 saturated carbocycles. The number of carbonyl (C=O) groups is 1. The number of rotatable bonds is 4. The Kier molecular flexibility index (Phi) is 4.01. The Morgan fingerprint density at radius 3 is 2.67 bits per heavy atom. The van der Waals surface area contributed by atoms with Crippen LogP contribution in [0.15, 0.2) is 42.5 Å². The molecule has 7 heteroatoms. The van der Waals surface area contributed by atoms with E-state index in [1.165, 1.54) is 18.2 Å². The van der Waals surface area contributed by atoms with Gasteiger partial charge >= 0.3 is 6.29 Å². The van der Waals surface area contributed by atoms with Gasteiger partial charge in [0.05, 0.1) is 0 Å². The van der Waals surface area contributed by atoms with Crippen LogP contribution in [0.4, 0.5) is 14.5 Å². The van der Waals surface area contributed by atoms with E-state index < -0.39 is 18.3 Å². The van der Waals surface area contributed by atoms with E-state index in [0.29, 0.717) is 11.4 Å². The molecular formula is C17H15F2NO4. The molecule has 0 aliphatic carbocycles. The van der Waals surface area contributed by atoms with Crippen molar-refractivity contribution in [1.82, 2.24) is 0 Å². The number of ether oxygens (including phenoxy) is 3. The Balaban J connectivity index is 1.65. The number of amides is 1. The molecule has 1 amide bonds. The molecule has 2 aromatic rings. The minimum Gasteiger partial charge on any atom is -0.481 e. The molecular weight excluding hydrogens is 320 g/mol. The first-order valence-corrected chi connectivity index (χ1v) is 7.26. The SMILES string of the molecule is Cc1cccc(OC(C)C(=O)Nc2ccc3c(c2)OC(F)(F)O3)c1. The van der Waals surface area contributed by atoms with E-state index in [0.717, 1.165) is 5.56 Å². The lowest BCUT2D eigenvalue weighted by atomic mass is 10.2. The van der Waals surface area contributed by atoms with Crippen LogP contribution in [0.2, 0.25) is 0 Å². The van der Waals surface area contributed by atoms with E-state index in [9.17, 15) is 13.6 Å². The number of halogens is 2. The second-order valence-electron chi connectivity index (χ2n) is 5.39. The van der Waals surface area contributed by atoms with Gasteiger partial charge in [-0.15, -0.1) is 8.78 Å². The van der Waals surface area contributed by atoms with E-state index in [1.807, 2.05) is 25.1 Å². The Bertz CT molecular complexity index is 779. The van der Waals surface area contributed by atoms with Gasteiger partial charge in [-0.1, -0.05) is 12.1 Å². The molecule has 1 atom stereocenters. The van der Waals surface area contributed by atoms with Crippen LogP contribution in [0.25, 0.3) is 0 Å². The summed E-state index contributed by atoms with van der Waals surface area (Å²) in [5.74, 6) is -0.0581. The highest BCUT2D eigenvalue weighted by molar-refractivity contribution is 5.94. The minimum atomic E-state index is -3.69. The zero-order valence-corrected chi connectivity index (χ0v) is 13.0. The number of hydrogen-bond donors (Lipinski definition) is 1. The Morgan fingerprint density at radius 1 is 1.17 bits per heavy atom. The van der Waals surface area contributed by atoms with Crippen molar-refractivity contribution < 1.29 is 27.8 Å². The van der Waals surface area contributed by atoms with Crippen LogP contribution < -0.4 is 19.5 Å². The fraction of sp³-hybridized carbons (Fsp3) is 0.235. The van der Waals surface area contributed by atoms with E-state index in [4.69, 9.17) is 4.74 Å². The predicted molar refractivity (Wildman–Crippen MR) is 82.5 cm³/mol. The summed E-state index contributed by atoms with van der Waals surface area (Å²) in [5, 5.41) is 2.59. The highest BCUT2D eigenvalue weighted by Crippen LogP contribution is 2.42. The molecule has 0 radical (unpaired) electrons. The van der Waals surface area contributed by atoms with Gasteiger partial charge in [0.15, 0.2) is 17.6 Å². The Labute approximate surface area is 137 Å². The average Bonchev–Trinajstić information content (AvgIpc) is 2.80. The predicted octanol–water partition coefficient (Wildman–Crippen LogP) is 3.72. The molecule has 1 aliphatic rings. The molecule has 24 heavy (non-hydrogen) atoms. The molecule has 126 valence electrons. The second-order valence-corrected chi connectivity index (χ2v) is 5.39. The van der Waals surface area contributed by atoms with Crippen LogP contribution in [0.1, 0.15) is 12.5 Å². The summed E-state index contributed by atoms with van der Waals surface area (Å²) < 4.78 is 40.2. The Hall–Kier alpha value is -2.83. The van der Waals surface area contributed by atoms with Crippen LogP contribution >= 0.6 is 0 Å². The average molecular weight is 335 g/mol. The summed E-state index contributed by atoms with van der Waals surface area (Å²) in [6, 6.07) is 11.3.